The molecule has 0 spiro atoms. The summed E-state index contributed by atoms with van der Waals surface area (Å²) >= 11 is 0. The number of hydrogen-bond donors (Lipinski definition) is 1. The maximum Gasteiger partial charge on any atom is 0.114 e. The second kappa shape index (κ2) is 8.63. The van der Waals surface area contributed by atoms with Gasteiger partial charge in [-0.3, -0.25) is 0 Å². The first kappa shape index (κ1) is 18.2. The minimum Gasteiger partial charge on any atom is -0.387 e. The lowest BCUT2D eigenvalue weighted by molar-refractivity contribution is 0.152. The number of nitrogens with zero attached hydrogens (tertiary/aromatic N) is 2. The van der Waals surface area contributed by atoms with Crippen molar-refractivity contribution in [3.05, 3.63) is 90.1 Å². The van der Waals surface area contributed by atoms with Crippen molar-refractivity contribution in [1.82, 2.24) is 4.90 Å². The van der Waals surface area contributed by atoms with Crippen molar-refractivity contribution in [3.63, 3.8) is 0 Å². The van der Waals surface area contributed by atoms with Gasteiger partial charge < -0.3 is 10.0 Å². The van der Waals surface area contributed by atoms with Crippen LogP contribution in [0.3, 0.4) is 0 Å². The van der Waals surface area contributed by atoms with Gasteiger partial charge in [-0.05, 0) is 36.6 Å². The van der Waals surface area contributed by atoms with Crippen molar-refractivity contribution in [2.75, 3.05) is 13.1 Å². The molecule has 3 heteroatoms. The molecule has 0 aromatic heterocycles. The Kier molecular flexibility index (Phi) is 6.03. The molecule has 0 radical (unpaired) electrons. The van der Waals surface area contributed by atoms with E-state index in [-0.39, 0.29) is 5.92 Å². The highest BCUT2D eigenvalue weighted by Gasteiger charge is 2.28. The van der Waals surface area contributed by atoms with E-state index in [2.05, 4.69) is 37.0 Å². The molecule has 0 saturated heterocycles. The highest BCUT2D eigenvalue weighted by molar-refractivity contribution is 5.91. The van der Waals surface area contributed by atoms with Crippen LogP contribution in [0, 0.1) is 5.92 Å². The Labute approximate surface area is 156 Å². The lowest BCUT2D eigenvalue weighted by atomic mass is 9.90. The summed E-state index contributed by atoms with van der Waals surface area (Å²) in [5.41, 5.74) is 3.12. The largest absolute Gasteiger partial charge is 0.387 e. The molecule has 3 rings (SSSR count). The van der Waals surface area contributed by atoms with E-state index in [0.29, 0.717) is 0 Å². The molecule has 0 saturated carbocycles. The average Bonchev–Trinajstić information content (AvgIpc) is 2.93. The van der Waals surface area contributed by atoms with Crippen molar-refractivity contribution in [2.24, 2.45) is 10.9 Å². The zero-order valence-electron chi connectivity index (χ0n) is 15.4. The summed E-state index contributed by atoms with van der Waals surface area (Å²) in [6.07, 6.45) is 5.38. The Morgan fingerprint density at radius 2 is 1.58 bits per heavy atom. The third-order valence-corrected chi connectivity index (χ3v) is 4.79. The zero-order chi connectivity index (χ0) is 18.4. The quantitative estimate of drug-likeness (QED) is 0.853. The van der Waals surface area contributed by atoms with Crippen molar-refractivity contribution < 1.29 is 5.11 Å². The molecule has 1 heterocycles. The third-order valence-electron chi connectivity index (χ3n) is 4.79. The van der Waals surface area contributed by atoms with Gasteiger partial charge in [-0.25, -0.2) is 4.99 Å². The number of aliphatic hydroxyl groups is 1. The molecule has 2 aromatic rings. The summed E-state index contributed by atoms with van der Waals surface area (Å²) in [6.45, 7) is 5.95. The van der Waals surface area contributed by atoms with Crippen LogP contribution in [0.2, 0.25) is 0 Å². The van der Waals surface area contributed by atoms with E-state index in [0.717, 1.165) is 35.6 Å². The van der Waals surface area contributed by atoms with Gasteiger partial charge in [0.25, 0.3) is 0 Å². The highest BCUT2D eigenvalue weighted by Crippen LogP contribution is 2.31. The Morgan fingerprint density at radius 1 is 0.962 bits per heavy atom. The minimum absolute atomic E-state index is 0.206. The van der Waals surface area contributed by atoms with Crippen molar-refractivity contribution in [2.45, 2.75) is 20.0 Å². The molecule has 2 atom stereocenters. The Balaban J connectivity index is 2.05. The Bertz CT molecular complexity index is 789. The first-order valence-electron chi connectivity index (χ1n) is 9.24. The Morgan fingerprint density at radius 3 is 2.19 bits per heavy atom. The molecule has 1 N–H and O–H groups in total. The highest BCUT2D eigenvalue weighted by atomic mass is 16.3. The predicted octanol–water partition coefficient (Wildman–Crippen LogP) is 4.69. The molecule has 1 aliphatic rings. The average molecular weight is 346 g/mol. The van der Waals surface area contributed by atoms with E-state index in [1.807, 2.05) is 60.8 Å². The van der Waals surface area contributed by atoms with Crippen LogP contribution < -0.4 is 0 Å². The van der Waals surface area contributed by atoms with E-state index >= 15 is 0 Å². The fourth-order valence-corrected chi connectivity index (χ4v) is 3.36. The van der Waals surface area contributed by atoms with Gasteiger partial charge in [0.15, 0.2) is 0 Å². The number of rotatable bonds is 5. The summed E-state index contributed by atoms with van der Waals surface area (Å²) in [4.78, 5) is 6.93. The van der Waals surface area contributed by atoms with Crippen LogP contribution >= 0.6 is 0 Å². The molecular formula is C23H26N2O. The topological polar surface area (TPSA) is 35.8 Å². The molecule has 0 bridgehead atoms. The number of aliphatic hydroxyl groups excluding tert-OH is 1. The van der Waals surface area contributed by atoms with Crippen LogP contribution in [0.25, 0.3) is 5.57 Å². The van der Waals surface area contributed by atoms with Crippen LogP contribution in [-0.2, 0) is 0 Å². The minimum atomic E-state index is -0.644. The Hall–Kier alpha value is -2.65. The number of amidine groups is 1. The maximum absolute atomic E-state index is 11.2. The van der Waals surface area contributed by atoms with E-state index in [1.54, 1.807) is 0 Å². The fourth-order valence-electron chi connectivity index (χ4n) is 3.36. The van der Waals surface area contributed by atoms with Gasteiger partial charge in [0.2, 0.25) is 0 Å². The van der Waals surface area contributed by atoms with Gasteiger partial charge in [0, 0.05) is 19.3 Å². The SMILES string of the molecule is CCN(CC)C1=NC=CC(c2ccccc2)=C[C@H]1[C@H](O)c1ccccc1. The second-order valence-corrected chi connectivity index (χ2v) is 6.34. The second-order valence-electron chi connectivity index (χ2n) is 6.34. The molecular weight excluding hydrogens is 320 g/mol. The van der Waals surface area contributed by atoms with E-state index < -0.39 is 6.10 Å². The smallest absolute Gasteiger partial charge is 0.114 e. The van der Waals surface area contributed by atoms with Gasteiger partial charge in [-0.1, -0.05) is 66.7 Å². The number of benzene rings is 2. The molecule has 1 aliphatic heterocycles. The molecule has 0 unspecified atom stereocenters. The molecule has 0 fully saturated rings. The van der Waals surface area contributed by atoms with Gasteiger partial charge in [-0.15, -0.1) is 0 Å². The summed E-state index contributed by atoms with van der Waals surface area (Å²) in [5, 5.41) is 11.2. The third kappa shape index (κ3) is 3.94. The van der Waals surface area contributed by atoms with Crippen LogP contribution in [-0.4, -0.2) is 28.9 Å². The first-order valence-corrected chi connectivity index (χ1v) is 9.24. The standard InChI is InChI=1S/C23H26N2O/c1-3-25(4-2)23-21(22(26)19-13-9-6-10-14-19)17-20(15-16-24-23)18-11-7-5-8-12-18/h5-17,21-22,26H,3-4H2,1-2H3/t21-,22+/m0/s1. The maximum atomic E-state index is 11.2. The molecule has 134 valence electrons. The van der Waals surface area contributed by atoms with Gasteiger partial charge in [0.05, 0.1) is 12.0 Å². The van der Waals surface area contributed by atoms with Crippen LogP contribution in [0.15, 0.2) is 84.0 Å². The molecule has 0 amide bonds. The van der Waals surface area contributed by atoms with Gasteiger partial charge in [0.1, 0.15) is 5.84 Å². The zero-order valence-corrected chi connectivity index (χ0v) is 15.4. The van der Waals surface area contributed by atoms with E-state index in [9.17, 15) is 5.11 Å². The number of allylic oxidation sites excluding steroid dienone is 2. The van der Waals surface area contributed by atoms with Crippen LogP contribution in [0.5, 0.6) is 0 Å². The van der Waals surface area contributed by atoms with Gasteiger partial charge in [-0.2, -0.15) is 0 Å². The molecule has 2 aromatic carbocycles. The van der Waals surface area contributed by atoms with E-state index in [4.69, 9.17) is 4.99 Å². The summed E-state index contributed by atoms with van der Waals surface area (Å²) < 4.78 is 0. The summed E-state index contributed by atoms with van der Waals surface area (Å²) in [5.74, 6) is 0.705. The summed E-state index contributed by atoms with van der Waals surface area (Å²) in [7, 11) is 0. The van der Waals surface area contributed by atoms with Crippen molar-refractivity contribution in [1.29, 1.82) is 0 Å². The number of aliphatic imine (C=N–C) groups is 1. The summed E-state index contributed by atoms with van der Waals surface area (Å²) in [6, 6.07) is 20.1. The van der Waals surface area contributed by atoms with Crippen molar-refractivity contribution >= 4 is 11.4 Å². The van der Waals surface area contributed by atoms with Crippen LogP contribution in [0.4, 0.5) is 0 Å². The fraction of sp³-hybridized carbons (Fsp3) is 0.261. The number of hydrogen-bond acceptors (Lipinski definition) is 3. The van der Waals surface area contributed by atoms with Crippen LogP contribution in [0.1, 0.15) is 31.1 Å². The lowest BCUT2D eigenvalue weighted by Crippen LogP contribution is -2.37. The van der Waals surface area contributed by atoms with E-state index in [1.165, 1.54) is 0 Å². The monoisotopic (exact) mass is 346 g/mol. The van der Waals surface area contributed by atoms with Crippen molar-refractivity contribution in [3.8, 4) is 0 Å². The molecule has 26 heavy (non-hydrogen) atoms. The molecule has 3 nitrogen and oxygen atoms in total. The molecule has 0 aliphatic carbocycles. The van der Waals surface area contributed by atoms with Gasteiger partial charge >= 0.3 is 0 Å². The normalized spacial score (nSPS) is 17.9. The lowest BCUT2D eigenvalue weighted by Gasteiger charge is -2.30. The first-order chi connectivity index (χ1) is 12.7. The predicted molar refractivity (Wildman–Crippen MR) is 109 cm³/mol.